The van der Waals surface area contributed by atoms with Gasteiger partial charge in [0.15, 0.2) is 0 Å². The molecule has 0 radical (unpaired) electrons. The lowest BCUT2D eigenvalue weighted by molar-refractivity contribution is -0.143. The lowest BCUT2D eigenvalue weighted by Crippen LogP contribution is -2.42. The van der Waals surface area contributed by atoms with E-state index in [-0.39, 0.29) is 57.6 Å². The molecule has 5 nitrogen and oxygen atoms in total. The van der Waals surface area contributed by atoms with Gasteiger partial charge >= 0.3 is 0 Å². The summed E-state index contributed by atoms with van der Waals surface area (Å²) in [5, 5.41) is 0. The molecule has 1 saturated heterocycles. The topological polar surface area (TPSA) is 57.7 Å². The van der Waals surface area contributed by atoms with Crippen molar-refractivity contribution in [2.45, 2.75) is 16.1 Å². The number of anilines is 2. The Morgan fingerprint density at radius 3 is 1.70 bits per heavy atom. The molecular formula is C23H20Br2N2O3. The van der Waals surface area contributed by atoms with Crippen LogP contribution in [-0.2, 0) is 14.4 Å². The third kappa shape index (κ3) is 2.97. The summed E-state index contributed by atoms with van der Waals surface area (Å²) in [6, 6.07) is 18.6. The van der Waals surface area contributed by atoms with E-state index < -0.39 is 0 Å². The number of carbonyl (C=O) groups is 3. The van der Waals surface area contributed by atoms with Crippen molar-refractivity contribution in [2.75, 3.05) is 11.4 Å². The number of amides is 3. The molecule has 2 bridgehead atoms. The zero-order valence-corrected chi connectivity index (χ0v) is 19.2. The quantitative estimate of drug-likeness (QED) is 0.440. The van der Waals surface area contributed by atoms with Gasteiger partial charge in [-0.05, 0) is 42.5 Å². The van der Waals surface area contributed by atoms with E-state index in [9.17, 15) is 14.4 Å². The first kappa shape index (κ1) is 19.9. The van der Waals surface area contributed by atoms with Crippen molar-refractivity contribution in [3.05, 3.63) is 60.7 Å². The number of imide groups is 1. The maximum atomic E-state index is 13.4. The number of rotatable bonds is 4. The first-order valence-electron chi connectivity index (χ1n) is 10.1. The molecule has 3 aliphatic rings. The fourth-order valence-corrected chi connectivity index (χ4v) is 7.24. The molecule has 0 N–H and O–H groups in total. The fraction of sp³-hybridized carbons (Fsp3) is 0.348. The summed E-state index contributed by atoms with van der Waals surface area (Å²) in [4.78, 5) is 42.8. The van der Waals surface area contributed by atoms with Crippen LogP contribution in [0.15, 0.2) is 60.7 Å². The van der Waals surface area contributed by atoms with E-state index in [4.69, 9.17) is 0 Å². The van der Waals surface area contributed by atoms with Crippen LogP contribution in [0.4, 0.5) is 11.4 Å². The molecule has 7 heteroatoms. The number of halogens is 2. The average molecular weight is 532 g/mol. The van der Waals surface area contributed by atoms with Gasteiger partial charge in [-0.3, -0.25) is 24.2 Å². The Balaban J connectivity index is 1.43. The normalized spacial score (nSPS) is 31.9. The molecule has 30 heavy (non-hydrogen) atoms. The molecule has 1 heterocycles. The van der Waals surface area contributed by atoms with Crippen molar-refractivity contribution in [1.82, 2.24) is 4.90 Å². The standard InChI is InChI=1S/C23H20Br2N2O3/c24-20-15-11-16(21(20)25)19-18(15)22(29)26(23(19)30)12-17(28)27(13-7-3-1-4-8-13)14-9-5-2-6-10-14/h1-10,15-16,18-21H,11-12H2/t15-,16-,18-,19+,20-,21+/m1/s1. The molecule has 5 rings (SSSR count). The van der Waals surface area contributed by atoms with E-state index in [1.54, 1.807) is 4.90 Å². The molecular weight excluding hydrogens is 512 g/mol. The van der Waals surface area contributed by atoms with Crippen molar-refractivity contribution in [1.29, 1.82) is 0 Å². The number of para-hydroxylation sites is 2. The Morgan fingerprint density at radius 2 is 1.27 bits per heavy atom. The smallest absolute Gasteiger partial charge is 0.251 e. The second kappa shape index (κ2) is 7.61. The summed E-state index contributed by atoms with van der Waals surface area (Å²) in [5.74, 6) is -1.04. The summed E-state index contributed by atoms with van der Waals surface area (Å²) in [7, 11) is 0. The number of alkyl halides is 2. The molecule has 1 aliphatic heterocycles. The maximum Gasteiger partial charge on any atom is 0.251 e. The van der Waals surface area contributed by atoms with Gasteiger partial charge in [-0.25, -0.2) is 0 Å². The van der Waals surface area contributed by atoms with Gasteiger partial charge < -0.3 is 0 Å². The molecule has 0 aromatic heterocycles. The predicted octanol–water partition coefficient (Wildman–Crippen LogP) is 4.13. The minimum absolute atomic E-state index is 0.139. The van der Waals surface area contributed by atoms with Crippen LogP contribution in [0.5, 0.6) is 0 Å². The Bertz CT molecular complexity index is 929. The van der Waals surface area contributed by atoms with Gasteiger partial charge in [0.1, 0.15) is 6.54 Å². The van der Waals surface area contributed by atoms with E-state index in [2.05, 4.69) is 31.9 Å². The molecule has 154 valence electrons. The SMILES string of the molecule is O=C1[C@@H]2[C@H]3C[C@@H]([C@H](Br)[C@@H]3Br)[C@@H]2C(=O)N1CC(=O)N(c1ccccc1)c1ccccc1. The number of hydrogen-bond donors (Lipinski definition) is 0. The van der Waals surface area contributed by atoms with Crippen LogP contribution >= 0.6 is 31.9 Å². The molecule has 2 saturated carbocycles. The molecule has 3 amide bonds. The summed E-state index contributed by atoms with van der Waals surface area (Å²) in [5.41, 5.74) is 1.41. The number of fused-ring (bicyclic) bond motifs is 5. The van der Waals surface area contributed by atoms with E-state index in [1.165, 1.54) is 4.90 Å². The monoisotopic (exact) mass is 530 g/mol. The number of likely N-dealkylation sites (tertiary alicyclic amines) is 1. The minimum Gasteiger partial charge on any atom is -0.280 e. The minimum atomic E-state index is -0.310. The van der Waals surface area contributed by atoms with Gasteiger partial charge in [-0.2, -0.15) is 0 Å². The third-order valence-corrected chi connectivity index (χ3v) is 9.86. The van der Waals surface area contributed by atoms with Gasteiger partial charge in [0.05, 0.1) is 11.8 Å². The van der Waals surface area contributed by atoms with Crippen molar-refractivity contribution in [3.63, 3.8) is 0 Å². The van der Waals surface area contributed by atoms with Crippen molar-refractivity contribution >= 4 is 61.0 Å². The van der Waals surface area contributed by atoms with Crippen LogP contribution in [0.2, 0.25) is 0 Å². The number of carbonyl (C=O) groups excluding carboxylic acids is 3. The lowest BCUT2D eigenvalue weighted by atomic mass is 9.81. The number of nitrogens with zero attached hydrogens (tertiary/aromatic N) is 2. The van der Waals surface area contributed by atoms with Crippen molar-refractivity contribution in [2.24, 2.45) is 23.7 Å². The first-order chi connectivity index (χ1) is 14.5. The predicted molar refractivity (Wildman–Crippen MR) is 121 cm³/mol. The Morgan fingerprint density at radius 1 is 0.833 bits per heavy atom. The number of hydrogen-bond acceptors (Lipinski definition) is 3. The second-order valence-electron chi connectivity index (χ2n) is 8.17. The third-order valence-electron chi connectivity index (χ3n) is 6.65. The van der Waals surface area contributed by atoms with Crippen molar-refractivity contribution in [3.8, 4) is 0 Å². The zero-order valence-electron chi connectivity index (χ0n) is 16.0. The van der Waals surface area contributed by atoms with Crippen LogP contribution in [0.1, 0.15) is 6.42 Å². The van der Waals surface area contributed by atoms with Gasteiger partial charge in [0.2, 0.25) is 11.8 Å². The molecule has 2 aliphatic carbocycles. The van der Waals surface area contributed by atoms with E-state index in [1.807, 2.05) is 60.7 Å². The van der Waals surface area contributed by atoms with E-state index in [0.29, 0.717) is 11.4 Å². The average Bonchev–Trinajstić information content (AvgIpc) is 3.36. The Labute approximate surface area is 191 Å². The number of benzene rings is 2. The first-order valence-corrected chi connectivity index (χ1v) is 11.9. The van der Waals surface area contributed by atoms with Crippen molar-refractivity contribution < 1.29 is 14.4 Å². The summed E-state index contributed by atoms with van der Waals surface area (Å²) in [6.07, 6.45) is 0.876. The fourth-order valence-electron chi connectivity index (χ4n) is 5.36. The zero-order chi connectivity index (χ0) is 21.0. The molecule has 2 aromatic rings. The van der Waals surface area contributed by atoms with Gasteiger partial charge in [-0.1, -0.05) is 68.3 Å². The Hall–Kier alpha value is -1.99. The van der Waals surface area contributed by atoms with E-state index in [0.717, 1.165) is 6.42 Å². The molecule has 3 fully saturated rings. The van der Waals surface area contributed by atoms with Crippen LogP contribution < -0.4 is 4.90 Å². The largest absolute Gasteiger partial charge is 0.280 e. The lowest BCUT2D eigenvalue weighted by Gasteiger charge is -2.28. The maximum absolute atomic E-state index is 13.4. The Kier molecular flexibility index (Phi) is 5.06. The van der Waals surface area contributed by atoms with Gasteiger partial charge in [0.25, 0.3) is 5.91 Å². The molecule has 0 unspecified atom stereocenters. The van der Waals surface area contributed by atoms with Crippen LogP contribution in [-0.4, -0.2) is 38.8 Å². The molecule has 2 aromatic carbocycles. The van der Waals surface area contributed by atoms with Crippen LogP contribution in [0, 0.1) is 23.7 Å². The highest BCUT2D eigenvalue weighted by Crippen LogP contribution is 2.60. The van der Waals surface area contributed by atoms with Gasteiger partial charge in [-0.15, -0.1) is 0 Å². The van der Waals surface area contributed by atoms with Crippen LogP contribution in [0.3, 0.4) is 0 Å². The highest BCUT2D eigenvalue weighted by Gasteiger charge is 2.66. The highest BCUT2D eigenvalue weighted by molar-refractivity contribution is 9.12. The van der Waals surface area contributed by atoms with Crippen LogP contribution in [0.25, 0.3) is 0 Å². The summed E-state index contributed by atoms with van der Waals surface area (Å²) in [6.45, 7) is -0.242. The highest BCUT2D eigenvalue weighted by atomic mass is 79.9. The summed E-state index contributed by atoms with van der Waals surface area (Å²) < 4.78 is 0. The molecule has 6 atom stereocenters. The second-order valence-corrected chi connectivity index (χ2v) is 10.3. The summed E-state index contributed by atoms with van der Waals surface area (Å²) >= 11 is 7.39. The molecule has 0 spiro atoms. The van der Waals surface area contributed by atoms with Gasteiger partial charge in [0, 0.05) is 21.0 Å². The van der Waals surface area contributed by atoms with E-state index >= 15 is 0 Å².